The molecule has 0 radical (unpaired) electrons. The molecule has 0 aromatic carbocycles. The summed E-state index contributed by atoms with van der Waals surface area (Å²) in [5.74, 6) is -0.499. The maximum Gasteiger partial charge on any atom is 0.306 e. The predicted molar refractivity (Wildman–Crippen MR) is 270 cm³/mol. The number of ether oxygens (including phenoxy) is 3. The van der Waals surface area contributed by atoms with Crippen molar-refractivity contribution in [2.75, 3.05) is 19.8 Å². The van der Waals surface area contributed by atoms with Crippen molar-refractivity contribution in [2.24, 2.45) is 0 Å². The molecule has 5 nitrogen and oxygen atoms in total. The minimum absolute atomic E-state index is 0.0430. The molecule has 1 atom stereocenters. The number of carbonyl (C=O) groups excluding carboxylic acids is 2. The van der Waals surface area contributed by atoms with E-state index in [2.05, 4.69) is 99.8 Å². The normalized spacial score (nSPS) is 12.9. The van der Waals surface area contributed by atoms with Crippen molar-refractivity contribution in [1.29, 1.82) is 0 Å². The minimum Gasteiger partial charge on any atom is -0.462 e. The summed E-state index contributed by atoms with van der Waals surface area (Å²) in [7, 11) is 0. The molecule has 5 heteroatoms. The summed E-state index contributed by atoms with van der Waals surface area (Å²) in [6.07, 6.45) is 69.1. The van der Waals surface area contributed by atoms with Crippen LogP contribution in [-0.2, 0) is 23.8 Å². The standard InChI is InChI=1S/C57H98O5/c1-4-7-10-13-16-18-20-22-24-26-28-30-32-34-36-38-40-43-46-49-52-60-53-55(62-57(59)51-48-45-41-15-12-9-6-3)54-61-56(58)50-47-44-42-39-37-35-33-31-29-27-25-23-21-19-17-14-11-8-5-2/h8,11,17,19,22-25,29,31,35,37,42,44,55H,4-7,9-10,12-16,18,20-21,26-28,30,32-34,36,38-41,43,45-54H2,1-3H3/b11-8-,19-17-,24-22-,25-23-,31-29-,37-35-,44-42-. The second kappa shape index (κ2) is 52.4. The fourth-order valence-electron chi connectivity index (χ4n) is 7.06. The molecule has 0 heterocycles. The molecule has 0 rings (SSSR count). The topological polar surface area (TPSA) is 61.8 Å². The van der Waals surface area contributed by atoms with E-state index in [1.165, 1.54) is 128 Å². The number of rotatable bonds is 47. The Morgan fingerprint density at radius 2 is 0.758 bits per heavy atom. The zero-order valence-electron chi connectivity index (χ0n) is 40.9. The lowest BCUT2D eigenvalue weighted by molar-refractivity contribution is -0.162. The maximum absolute atomic E-state index is 12.7. The van der Waals surface area contributed by atoms with Gasteiger partial charge in [0.05, 0.1) is 6.61 Å². The van der Waals surface area contributed by atoms with Gasteiger partial charge in [0.25, 0.3) is 0 Å². The molecule has 0 aliphatic carbocycles. The highest BCUT2D eigenvalue weighted by molar-refractivity contribution is 5.70. The van der Waals surface area contributed by atoms with E-state index in [1.807, 2.05) is 6.08 Å². The van der Waals surface area contributed by atoms with Crippen LogP contribution < -0.4 is 0 Å². The number of hydrogen-bond acceptors (Lipinski definition) is 5. The first-order chi connectivity index (χ1) is 30.6. The zero-order valence-corrected chi connectivity index (χ0v) is 40.9. The minimum atomic E-state index is -0.567. The molecule has 0 fully saturated rings. The summed E-state index contributed by atoms with van der Waals surface area (Å²) >= 11 is 0. The van der Waals surface area contributed by atoms with Gasteiger partial charge in [0.1, 0.15) is 6.61 Å². The number of hydrogen-bond donors (Lipinski definition) is 0. The summed E-state index contributed by atoms with van der Waals surface area (Å²) in [6, 6.07) is 0. The highest BCUT2D eigenvalue weighted by Gasteiger charge is 2.17. The van der Waals surface area contributed by atoms with Crippen LogP contribution in [0, 0.1) is 0 Å². The van der Waals surface area contributed by atoms with Crippen LogP contribution in [0.2, 0.25) is 0 Å². The molecular formula is C57H98O5. The molecule has 0 aliphatic heterocycles. The van der Waals surface area contributed by atoms with Crippen LogP contribution in [0.4, 0.5) is 0 Å². The first kappa shape index (κ1) is 59.1. The quantitative estimate of drug-likeness (QED) is 0.0346. The second-order valence-corrected chi connectivity index (χ2v) is 17.0. The fourth-order valence-corrected chi connectivity index (χ4v) is 7.06. The molecule has 0 amide bonds. The van der Waals surface area contributed by atoms with E-state index in [0.717, 1.165) is 70.6 Å². The Morgan fingerprint density at radius 3 is 1.23 bits per heavy atom. The molecule has 0 spiro atoms. The smallest absolute Gasteiger partial charge is 0.306 e. The molecule has 356 valence electrons. The van der Waals surface area contributed by atoms with E-state index >= 15 is 0 Å². The van der Waals surface area contributed by atoms with Crippen LogP contribution in [0.15, 0.2) is 85.1 Å². The fraction of sp³-hybridized carbons (Fsp3) is 0.719. The molecule has 0 saturated heterocycles. The molecule has 1 unspecified atom stereocenters. The third-order valence-corrected chi connectivity index (χ3v) is 10.9. The van der Waals surface area contributed by atoms with Gasteiger partial charge in [0, 0.05) is 19.4 Å². The van der Waals surface area contributed by atoms with E-state index in [0.29, 0.717) is 25.9 Å². The van der Waals surface area contributed by atoms with Gasteiger partial charge in [-0.2, -0.15) is 0 Å². The summed E-state index contributed by atoms with van der Waals surface area (Å²) < 4.78 is 17.3. The van der Waals surface area contributed by atoms with Crippen molar-refractivity contribution < 1.29 is 23.8 Å². The largest absolute Gasteiger partial charge is 0.462 e. The first-order valence-electron chi connectivity index (χ1n) is 26.1. The maximum atomic E-state index is 12.7. The van der Waals surface area contributed by atoms with Gasteiger partial charge in [-0.3, -0.25) is 9.59 Å². The van der Waals surface area contributed by atoms with Gasteiger partial charge in [-0.05, 0) is 83.5 Å². The Bertz CT molecular complexity index is 1160. The van der Waals surface area contributed by atoms with Gasteiger partial charge in [-0.1, -0.05) is 228 Å². The number of unbranched alkanes of at least 4 members (excludes halogenated alkanes) is 22. The van der Waals surface area contributed by atoms with Gasteiger partial charge < -0.3 is 14.2 Å². The summed E-state index contributed by atoms with van der Waals surface area (Å²) in [5, 5.41) is 0. The van der Waals surface area contributed by atoms with Crippen molar-refractivity contribution in [2.45, 2.75) is 245 Å². The van der Waals surface area contributed by atoms with Crippen molar-refractivity contribution in [3.8, 4) is 0 Å². The van der Waals surface area contributed by atoms with E-state index in [1.54, 1.807) is 0 Å². The molecule has 0 N–H and O–H groups in total. The molecule has 0 aromatic rings. The Balaban J connectivity index is 4.21. The molecule has 0 saturated carbocycles. The average molecular weight is 863 g/mol. The SMILES string of the molecule is CC/C=C\C/C=C\C/C=C\C/C=C\C/C=C\C/C=C\CCC(=O)OCC(COCCCCCCCCCCCC/C=C\CCCCCCCC)OC(=O)CCCCCCCCC. The number of carbonyl (C=O) groups is 2. The molecular weight excluding hydrogens is 765 g/mol. The van der Waals surface area contributed by atoms with E-state index in [4.69, 9.17) is 14.2 Å². The van der Waals surface area contributed by atoms with Gasteiger partial charge in [0.2, 0.25) is 0 Å². The third kappa shape index (κ3) is 49.7. The highest BCUT2D eigenvalue weighted by Crippen LogP contribution is 2.14. The highest BCUT2D eigenvalue weighted by atomic mass is 16.6. The van der Waals surface area contributed by atoms with E-state index < -0.39 is 6.10 Å². The van der Waals surface area contributed by atoms with Crippen LogP contribution in [0.25, 0.3) is 0 Å². The first-order valence-corrected chi connectivity index (χ1v) is 26.1. The zero-order chi connectivity index (χ0) is 44.9. The van der Waals surface area contributed by atoms with E-state index in [9.17, 15) is 9.59 Å². The van der Waals surface area contributed by atoms with Gasteiger partial charge in [-0.15, -0.1) is 0 Å². The Kier molecular flexibility index (Phi) is 50.0. The summed E-state index contributed by atoms with van der Waals surface area (Å²) in [6.45, 7) is 7.60. The van der Waals surface area contributed by atoms with Gasteiger partial charge in [-0.25, -0.2) is 0 Å². The van der Waals surface area contributed by atoms with Crippen molar-refractivity contribution in [3.05, 3.63) is 85.1 Å². The van der Waals surface area contributed by atoms with Gasteiger partial charge in [0.15, 0.2) is 6.10 Å². The van der Waals surface area contributed by atoms with Crippen LogP contribution >= 0.6 is 0 Å². The van der Waals surface area contributed by atoms with Crippen LogP contribution in [0.5, 0.6) is 0 Å². The second-order valence-electron chi connectivity index (χ2n) is 17.0. The summed E-state index contributed by atoms with van der Waals surface area (Å²) in [5.41, 5.74) is 0. The van der Waals surface area contributed by atoms with E-state index in [-0.39, 0.29) is 25.2 Å². The van der Waals surface area contributed by atoms with Crippen LogP contribution in [-0.4, -0.2) is 37.9 Å². The van der Waals surface area contributed by atoms with Crippen LogP contribution in [0.1, 0.15) is 239 Å². The molecule has 62 heavy (non-hydrogen) atoms. The lowest BCUT2D eigenvalue weighted by Gasteiger charge is -2.18. The van der Waals surface area contributed by atoms with Gasteiger partial charge >= 0.3 is 11.9 Å². The molecule has 0 aliphatic rings. The van der Waals surface area contributed by atoms with Crippen molar-refractivity contribution in [1.82, 2.24) is 0 Å². The average Bonchev–Trinajstić information content (AvgIpc) is 3.27. The predicted octanol–water partition coefficient (Wildman–Crippen LogP) is 17.7. The number of esters is 2. The Morgan fingerprint density at radius 1 is 0.371 bits per heavy atom. The van der Waals surface area contributed by atoms with Crippen molar-refractivity contribution in [3.63, 3.8) is 0 Å². The monoisotopic (exact) mass is 863 g/mol. The lowest BCUT2D eigenvalue weighted by Crippen LogP contribution is -2.30. The molecule has 0 bridgehead atoms. The third-order valence-electron chi connectivity index (χ3n) is 10.9. The lowest BCUT2D eigenvalue weighted by atomic mass is 10.1. The Labute approximate surface area is 384 Å². The molecule has 0 aromatic heterocycles. The summed E-state index contributed by atoms with van der Waals surface area (Å²) in [4.78, 5) is 25.2. The van der Waals surface area contributed by atoms with Crippen LogP contribution in [0.3, 0.4) is 0 Å². The van der Waals surface area contributed by atoms with Crippen molar-refractivity contribution >= 4 is 11.9 Å². The Hall–Kier alpha value is -2.92. The number of allylic oxidation sites excluding steroid dienone is 14.